The lowest BCUT2D eigenvalue weighted by atomic mass is 9.95. The summed E-state index contributed by atoms with van der Waals surface area (Å²) in [5, 5.41) is 10.9. The van der Waals surface area contributed by atoms with Crippen LogP contribution in [-0.4, -0.2) is 52.8 Å². The van der Waals surface area contributed by atoms with E-state index in [1.54, 1.807) is 0 Å². The highest BCUT2D eigenvalue weighted by atomic mass is 16.6. The topological polar surface area (TPSA) is 123 Å². The summed E-state index contributed by atoms with van der Waals surface area (Å²) >= 11 is 0. The number of nitrogens with two attached hydrogens (primary N) is 1. The summed E-state index contributed by atoms with van der Waals surface area (Å²) in [7, 11) is 0. The number of anilines is 1. The van der Waals surface area contributed by atoms with Gasteiger partial charge in [-0.05, 0) is 31.6 Å². The molecule has 0 spiro atoms. The van der Waals surface area contributed by atoms with Crippen LogP contribution in [0.4, 0.5) is 11.5 Å². The Morgan fingerprint density at radius 1 is 1.31 bits per heavy atom. The van der Waals surface area contributed by atoms with E-state index < -0.39 is 10.8 Å². The van der Waals surface area contributed by atoms with Gasteiger partial charge in [-0.1, -0.05) is 0 Å². The number of nitrogens with zero attached hydrogens (tertiary/aromatic N) is 4. The second kappa shape index (κ2) is 7.67. The molecule has 0 aromatic carbocycles. The van der Waals surface area contributed by atoms with Crippen molar-refractivity contribution in [3.05, 3.63) is 27.9 Å². The molecule has 0 unspecified atom stereocenters. The molecule has 2 aliphatic rings. The van der Waals surface area contributed by atoms with Crippen molar-refractivity contribution in [2.45, 2.75) is 32.1 Å². The zero-order valence-corrected chi connectivity index (χ0v) is 14.6. The third-order valence-electron chi connectivity index (χ3n) is 5.14. The van der Waals surface area contributed by atoms with Crippen LogP contribution in [0.2, 0.25) is 0 Å². The van der Waals surface area contributed by atoms with Crippen LogP contribution in [0.3, 0.4) is 0 Å². The van der Waals surface area contributed by atoms with Gasteiger partial charge in [-0.25, -0.2) is 4.98 Å². The summed E-state index contributed by atoms with van der Waals surface area (Å²) in [6.45, 7) is 2.98. The fourth-order valence-electron chi connectivity index (χ4n) is 3.67. The van der Waals surface area contributed by atoms with E-state index in [0.29, 0.717) is 31.2 Å². The Balaban J connectivity index is 1.65. The first-order chi connectivity index (χ1) is 12.5. The molecule has 3 rings (SSSR count). The summed E-state index contributed by atoms with van der Waals surface area (Å²) in [5.74, 6) is 0.336. The molecule has 2 aliphatic heterocycles. The van der Waals surface area contributed by atoms with Gasteiger partial charge in [0.2, 0.25) is 5.91 Å². The molecule has 0 bridgehead atoms. The smallest absolute Gasteiger partial charge is 0.288 e. The van der Waals surface area contributed by atoms with Gasteiger partial charge < -0.3 is 15.5 Å². The Morgan fingerprint density at radius 3 is 2.65 bits per heavy atom. The molecule has 0 atom stereocenters. The lowest BCUT2D eigenvalue weighted by Gasteiger charge is -2.37. The van der Waals surface area contributed by atoms with Crippen LogP contribution >= 0.6 is 0 Å². The van der Waals surface area contributed by atoms with Gasteiger partial charge in [0.1, 0.15) is 12.0 Å². The normalized spacial score (nSPS) is 18.8. The molecule has 26 heavy (non-hydrogen) atoms. The van der Waals surface area contributed by atoms with Gasteiger partial charge in [0, 0.05) is 38.7 Å². The molecular formula is C17H23N5O4. The first-order valence-corrected chi connectivity index (χ1v) is 8.92. The predicted octanol–water partition coefficient (Wildman–Crippen LogP) is 1.32. The van der Waals surface area contributed by atoms with Crippen molar-refractivity contribution in [2.75, 3.05) is 31.1 Å². The molecule has 2 fully saturated rings. The molecule has 140 valence electrons. The Bertz CT molecular complexity index is 715. The summed E-state index contributed by atoms with van der Waals surface area (Å²) in [5.41, 5.74) is 5.21. The maximum absolute atomic E-state index is 12.0. The molecular weight excluding hydrogens is 338 g/mol. The van der Waals surface area contributed by atoms with E-state index in [1.807, 2.05) is 9.80 Å². The van der Waals surface area contributed by atoms with E-state index in [0.717, 1.165) is 45.0 Å². The van der Waals surface area contributed by atoms with Crippen LogP contribution in [0.5, 0.6) is 0 Å². The average molecular weight is 361 g/mol. The van der Waals surface area contributed by atoms with Gasteiger partial charge in [-0.2, -0.15) is 0 Å². The van der Waals surface area contributed by atoms with E-state index in [1.165, 1.54) is 6.07 Å². The highest BCUT2D eigenvalue weighted by molar-refractivity contribution is 5.98. The van der Waals surface area contributed by atoms with Crippen molar-refractivity contribution >= 4 is 23.3 Å². The Morgan fingerprint density at radius 2 is 2.04 bits per heavy atom. The van der Waals surface area contributed by atoms with Gasteiger partial charge in [-0.15, -0.1) is 0 Å². The maximum Gasteiger partial charge on any atom is 0.288 e. The monoisotopic (exact) mass is 361 g/mol. The van der Waals surface area contributed by atoms with Crippen molar-refractivity contribution in [1.82, 2.24) is 9.88 Å². The van der Waals surface area contributed by atoms with E-state index >= 15 is 0 Å². The first-order valence-electron chi connectivity index (χ1n) is 8.92. The Kier molecular flexibility index (Phi) is 5.34. The SMILES string of the molecule is NC(=O)c1cc([N+](=O)[O-])cnc1N1CCC(CN2CCCCC2=O)CC1. The summed E-state index contributed by atoms with van der Waals surface area (Å²) in [4.78, 5) is 42.0. The molecule has 1 aromatic rings. The lowest BCUT2D eigenvalue weighted by Crippen LogP contribution is -2.43. The van der Waals surface area contributed by atoms with Crippen LogP contribution in [0.15, 0.2) is 12.3 Å². The van der Waals surface area contributed by atoms with Gasteiger partial charge in [0.15, 0.2) is 0 Å². The lowest BCUT2D eigenvalue weighted by molar-refractivity contribution is -0.385. The number of aromatic nitrogens is 1. The van der Waals surface area contributed by atoms with Crippen LogP contribution in [0.25, 0.3) is 0 Å². The summed E-state index contributed by atoms with van der Waals surface area (Å²) in [6, 6.07) is 1.18. The van der Waals surface area contributed by atoms with Crippen molar-refractivity contribution in [1.29, 1.82) is 0 Å². The van der Waals surface area contributed by atoms with Gasteiger partial charge in [-0.3, -0.25) is 19.7 Å². The zero-order valence-electron chi connectivity index (χ0n) is 14.6. The number of pyridine rings is 1. The molecule has 0 aliphatic carbocycles. The number of hydrogen-bond acceptors (Lipinski definition) is 6. The van der Waals surface area contributed by atoms with Crippen LogP contribution in [-0.2, 0) is 4.79 Å². The number of likely N-dealkylation sites (tertiary alicyclic amines) is 1. The fourth-order valence-corrected chi connectivity index (χ4v) is 3.67. The minimum absolute atomic E-state index is 0.0730. The predicted molar refractivity (Wildman–Crippen MR) is 94.8 cm³/mol. The molecule has 0 radical (unpaired) electrons. The number of piperidine rings is 2. The molecule has 0 saturated carbocycles. The molecule has 3 heterocycles. The fraction of sp³-hybridized carbons (Fsp3) is 0.588. The number of nitro groups is 1. The number of carbonyl (C=O) groups is 2. The zero-order chi connectivity index (χ0) is 18.7. The van der Waals surface area contributed by atoms with E-state index in [9.17, 15) is 19.7 Å². The van der Waals surface area contributed by atoms with Crippen molar-refractivity contribution < 1.29 is 14.5 Å². The Hall–Kier alpha value is -2.71. The third-order valence-corrected chi connectivity index (χ3v) is 5.14. The van der Waals surface area contributed by atoms with E-state index in [-0.39, 0.29) is 17.2 Å². The molecule has 9 heteroatoms. The van der Waals surface area contributed by atoms with Gasteiger partial charge in [0.25, 0.3) is 11.6 Å². The summed E-state index contributed by atoms with van der Waals surface area (Å²) < 4.78 is 0. The first kappa shape index (κ1) is 18.1. The largest absolute Gasteiger partial charge is 0.365 e. The maximum atomic E-state index is 12.0. The van der Waals surface area contributed by atoms with E-state index in [4.69, 9.17) is 5.73 Å². The van der Waals surface area contributed by atoms with Gasteiger partial charge >= 0.3 is 0 Å². The van der Waals surface area contributed by atoms with Crippen molar-refractivity contribution in [2.24, 2.45) is 11.7 Å². The number of primary amides is 1. The average Bonchev–Trinajstić information content (AvgIpc) is 2.63. The van der Waals surface area contributed by atoms with Crippen LogP contribution in [0, 0.1) is 16.0 Å². The molecule has 9 nitrogen and oxygen atoms in total. The molecule has 2 saturated heterocycles. The van der Waals surface area contributed by atoms with E-state index in [2.05, 4.69) is 4.98 Å². The van der Waals surface area contributed by atoms with Gasteiger partial charge in [0.05, 0.1) is 10.5 Å². The van der Waals surface area contributed by atoms with Crippen LogP contribution < -0.4 is 10.6 Å². The van der Waals surface area contributed by atoms with Crippen molar-refractivity contribution in [3.63, 3.8) is 0 Å². The number of hydrogen-bond donors (Lipinski definition) is 1. The highest BCUT2D eigenvalue weighted by Crippen LogP contribution is 2.28. The minimum atomic E-state index is -0.725. The number of amides is 2. The molecule has 2 N–H and O–H groups in total. The standard InChI is InChI=1S/C17H23N5O4/c18-16(24)14-9-13(22(25)26)10-19-17(14)20-7-4-12(5-8-20)11-21-6-2-1-3-15(21)23/h9-10,12H,1-8,11H2,(H2,18,24). The molecule has 1 aromatic heterocycles. The Labute approximate surface area is 151 Å². The highest BCUT2D eigenvalue weighted by Gasteiger charge is 2.28. The second-order valence-corrected chi connectivity index (χ2v) is 6.91. The summed E-state index contributed by atoms with van der Waals surface area (Å²) in [6.07, 6.45) is 5.60. The van der Waals surface area contributed by atoms with Crippen LogP contribution in [0.1, 0.15) is 42.5 Å². The quantitative estimate of drug-likeness (QED) is 0.623. The van der Waals surface area contributed by atoms with Crippen molar-refractivity contribution in [3.8, 4) is 0 Å². The second-order valence-electron chi connectivity index (χ2n) is 6.91. The minimum Gasteiger partial charge on any atom is -0.365 e. The number of rotatable bonds is 5. The third kappa shape index (κ3) is 3.92. The number of carbonyl (C=O) groups excluding carboxylic acids is 2. The molecule has 2 amide bonds.